The summed E-state index contributed by atoms with van der Waals surface area (Å²) in [6.45, 7) is 21.9. The summed E-state index contributed by atoms with van der Waals surface area (Å²) in [6.07, 6.45) is 7.58. The maximum atomic E-state index is 11.4. The predicted molar refractivity (Wildman–Crippen MR) is 171 cm³/mol. The summed E-state index contributed by atoms with van der Waals surface area (Å²) in [6, 6.07) is 15.4. The molecule has 0 saturated carbocycles. The molecule has 0 bridgehead atoms. The zero-order chi connectivity index (χ0) is 30.2. The number of aryl methyl sites for hydroxylation is 1. The van der Waals surface area contributed by atoms with Crippen molar-refractivity contribution in [1.29, 1.82) is 0 Å². The Morgan fingerprint density at radius 2 is 1.25 bits per heavy atom. The van der Waals surface area contributed by atoms with Crippen LogP contribution >= 0.6 is 0 Å². The highest BCUT2D eigenvalue weighted by atomic mass is 28.2. The highest BCUT2D eigenvalue weighted by molar-refractivity contribution is 6.32. The lowest BCUT2D eigenvalue weighted by Crippen LogP contribution is -2.30. The van der Waals surface area contributed by atoms with Gasteiger partial charge in [-0.3, -0.25) is 4.79 Å². The van der Waals surface area contributed by atoms with Gasteiger partial charge in [-0.05, 0) is 97.0 Å². The predicted octanol–water partition coefficient (Wildman–Crippen LogP) is 8.92. The van der Waals surface area contributed by atoms with Gasteiger partial charge in [-0.15, -0.1) is 0 Å². The molecule has 40 heavy (non-hydrogen) atoms. The lowest BCUT2D eigenvalue weighted by atomic mass is 9.88. The van der Waals surface area contributed by atoms with Crippen LogP contribution in [0.25, 0.3) is 12.2 Å². The third-order valence-electron chi connectivity index (χ3n) is 6.31. The zero-order valence-corrected chi connectivity index (χ0v) is 28.7. The Balaban J connectivity index is 2.35. The SMILES string of the molecule is COC(=O)CCCCc1cccc(C=Cc2cc(C(C)(C)O[Si]C(C)(C)C)cc(C(C)(C)O[Si]C(C)(C)C)c2)c1. The number of ether oxygens (including phenoxy) is 1. The monoisotopic (exact) mass is 578 g/mol. The van der Waals surface area contributed by atoms with Gasteiger partial charge < -0.3 is 13.6 Å². The number of carbonyl (C=O) groups is 1. The van der Waals surface area contributed by atoms with E-state index < -0.39 is 11.2 Å². The van der Waals surface area contributed by atoms with Crippen LogP contribution in [0.5, 0.6) is 0 Å². The second kappa shape index (κ2) is 14.3. The third-order valence-corrected chi connectivity index (χ3v) is 8.76. The fourth-order valence-electron chi connectivity index (χ4n) is 3.87. The van der Waals surface area contributed by atoms with Crippen molar-refractivity contribution in [2.24, 2.45) is 0 Å². The van der Waals surface area contributed by atoms with Crippen molar-refractivity contribution in [3.05, 3.63) is 70.3 Å². The highest BCUT2D eigenvalue weighted by Crippen LogP contribution is 2.35. The number of esters is 1. The van der Waals surface area contributed by atoms with E-state index in [2.05, 4.69) is 124 Å². The molecular weight excluding hydrogens is 529 g/mol. The number of benzene rings is 2. The lowest BCUT2D eigenvalue weighted by molar-refractivity contribution is -0.140. The van der Waals surface area contributed by atoms with Crippen LogP contribution in [0.2, 0.25) is 10.1 Å². The van der Waals surface area contributed by atoms with Gasteiger partial charge in [0.05, 0.1) is 18.3 Å². The van der Waals surface area contributed by atoms with E-state index in [1.54, 1.807) is 0 Å². The van der Waals surface area contributed by atoms with Gasteiger partial charge in [-0.1, -0.05) is 84.0 Å². The summed E-state index contributed by atoms with van der Waals surface area (Å²) in [5.74, 6) is -0.141. The first-order valence-corrected chi connectivity index (χ1v) is 16.1. The van der Waals surface area contributed by atoms with Gasteiger partial charge in [0.25, 0.3) is 0 Å². The molecule has 218 valence electrons. The number of methoxy groups -OCH3 is 1. The van der Waals surface area contributed by atoms with Gasteiger partial charge in [0, 0.05) is 6.42 Å². The first-order chi connectivity index (χ1) is 18.4. The van der Waals surface area contributed by atoms with Crippen LogP contribution in [0.4, 0.5) is 0 Å². The van der Waals surface area contributed by atoms with Crippen molar-refractivity contribution in [3.63, 3.8) is 0 Å². The van der Waals surface area contributed by atoms with Crippen LogP contribution in [0.1, 0.15) is 116 Å². The Morgan fingerprint density at radius 1 is 0.725 bits per heavy atom. The van der Waals surface area contributed by atoms with Gasteiger partial charge in [0.15, 0.2) is 0 Å². The molecule has 4 radical (unpaired) electrons. The third kappa shape index (κ3) is 12.3. The van der Waals surface area contributed by atoms with Gasteiger partial charge >= 0.3 is 5.97 Å². The molecule has 0 spiro atoms. The van der Waals surface area contributed by atoms with E-state index >= 15 is 0 Å². The number of rotatable bonds is 13. The van der Waals surface area contributed by atoms with Crippen molar-refractivity contribution in [1.82, 2.24) is 0 Å². The van der Waals surface area contributed by atoms with Crippen LogP contribution in [0.3, 0.4) is 0 Å². The van der Waals surface area contributed by atoms with Crippen LogP contribution in [0.15, 0.2) is 42.5 Å². The van der Waals surface area contributed by atoms with E-state index in [0.29, 0.717) is 25.9 Å². The van der Waals surface area contributed by atoms with E-state index in [0.717, 1.165) is 41.5 Å². The minimum absolute atomic E-state index is 0.109. The highest BCUT2D eigenvalue weighted by Gasteiger charge is 2.30. The fourth-order valence-corrected chi connectivity index (χ4v) is 5.23. The van der Waals surface area contributed by atoms with Gasteiger partial charge in [-0.25, -0.2) is 0 Å². The molecule has 0 aromatic heterocycles. The molecule has 0 unspecified atom stereocenters. The molecule has 0 N–H and O–H groups in total. The summed E-state index contributed by atoms with van der Waals surface area (Å²) in [7, 11) is 2.23. The van der Waals surface area contributed by atoms with E-state index in [1.807, 2.05) is 0 Å². The topological polar surface area (TPSA) is 44.8 Å². The zero-order valence-electron chi connectivity index (χ0n) is 26.7. The Morgan fingerprint density at radius 3 is 1.75 bits per heavy atom. The van der Waals surface area contributed by atoms with Crippen molar-refractivity contribution in [2.75, 3.05) is 7.11 Å². The number of hydrogen-bond acceptors (Lipinski definition) is 4. The molecule has 2 rings (SSSR count). The maximum absolute atomic E-state index is 11.4. The van der Waals surface area contributed by atoms with Gasteiger partial charge in [-0.2, -0.15) is 0 Å². The minimum Gasteiger partial charge on any atom is -0.469 e. The Hall–Kier alpha value is -2.00. The fraction of sp³-hybridized carbons (Fsp3) is 0.559. The Labute approximate surface area is 249 Å². The van der Waals surface area contributed by atoms with Crippen molar-refractivity contribution < 1.29 is 18.4 Å². The molecule has 6 heteroatoms. The smallest absolute Gasteiger partial charge is 0.305 e. The van der Waals surface area contributed by atoms with Gasteiger partial charge in [0.2, 0.25) is 19.5 Å². The number of carbonyl (C=O) groups excluding carboxylic acids is 1. The molecule has 0 aliphatic heterocycles. The molecule has 0 aliphatic carbocycles. The van der Waals surface area contributed by atoms with Crippen molar-refractivity contribution in [3.8, 4) is 0 Å². The van der Waals surface area contributed by atoms with Crippen molar-refractivity contribution >= 4 is 37.6 Å². The largest absolute Gasteiger partial charge is 0.469 e. The normalized spacial score (nSPS) is 13.2. The van der Waals surface area contributed by atoms with Gasteiger partial charge in [0.1, 0.15) is 0 Å². The quantitative estimate of drug-likeness (QED) is 0.103. The molecular formula is C34H50O4Si2. The molecule has 0 aliphatic rings. The molecule has 2 aromatic rings. The molecule has 0 amide bonds. The standard InChI is InChI=1S/C34H50O4Si2/c1-31(2,3)39-37-33(7,8)28-22-27(23-29(24-28)34(9,10)38-40-32(4,5)6)20-19-26-17-14-16-25(21-26)15-12-13-18-30(35)36-11/h14,16-17,19-24H,12-13,15,18H2,1-11H3. The molecule has 4 nitrogen and oxygen atoms in total. The summed E-state index contributed by atoms with van der Waals surface area (Å²) >= 11 is 0. The Kier molecular flexibility index (Phi) is 12.2. The van der Waals surface area contributed by atoms with Crippen LogP contribution in [0, 0.1) is 0 Å². The molecule has 0 fully saturated rings. The lowest BCUT2D eigenvalue weighted by Gasteiger charge is -2.33. The molecule has 0 atom stereocenters. The van der Waals surface area contributed by atoms with E-state index in [-0.39, 0.29) is 16.0 Å². The maximum Gasteiger partial charge on any atom is 0.305 e. The van der Waals surface area contributed by atoms with E-state index in [9.17, 15) is 4.79 Å². The van der Waals surface area contributed by atoms with Crippen LogP contribution in [-0.2, 0) is 36.0 Å². The second-order valence-electron chi connectivity index (χ2n) is 13.6. The van der Waals surface area contributed by atoms with Crippen LogP contribution in [-0.4, -0.2) is 32.6 Å². The second-order valence-corrected chi connectivity index (χ2v) is 17.5. The first-order valence-electron chi connectivity index (χ1n) is 14.3. The average molecular weight is 579 g/mol. The average Bonchev–Trinajstić information content (AvgIpc) is 2.87. The number of hydrogen-bond donors (Lipinski definition) is 0. The molecule has 0 saturated heterocycles. The minimum atomic E-state index is -0.434. The summed E-state index contributed by atoms with van der Waals surface area (Å²) in [5, 5.41) is 0.219. The molecule has 0 heterocycles. The van der Waals surface area contributed by atoms with Crippen LogP contribution < -0.4 is 0 Å². The summed E-state index contributed by atoms with van der Waals surface area (Å²) in [5.41, 5.74) is 4.99. The first kappa shape index (κ1) is 34.2. The Bertz CT molecular complexity index is 1090. The summed E-state index contributed by atoms with van der Waals surface area (Å²) in [4.78, 5) is 11.4. The van der Waals surface area contributed by atoms with Crippen molar-refractivity contribution in [2.45, 2.75) is 116 Å². The number of unbranched alkanes of at least 4 members (excludes halogenated alkanes) is 1. The summed E-state index contributed by atoms with van der Waals surface area (Å²) < 4.78 is 17.7. The van der Waals surface area contributed by atoms with E-state index in [4.69, 9.17) is 13.6 Å². The van der Waals surface area contributed by atoms with E-state index in [1.165, 1.54) is 12.7 Å². The molecule has 2 aromatic carbocycles.